The number of anilines is 3. The Hall–Kier alpha value is -4.22. The third kappa shape index (κ3) is 6.15. The van der Waals surface area contributed by atoms with Crippen molar-refractivity contribution in [2.45, 2.75) is 6.92 Å². The SMILES string of the molecule is Cc1cc(Oc2ccc(Nc3cc(-c4cccc(OS(N)(=O)=O)c4)nc(N)n3)cc2)ccn1. The van der Waals surface area contributed by atoms with E-state index in [0.717, 1.165) is 11.4 Å². The van der Waals surface area contributed by atoms with Crippen LogP contribution < -0.4 is 25.1 Å². The molecule has 11 heteroatoms. The van der Waals surface area contributed by atoms with Crippen molar-refractivity contribution >= 4 is 27.8 Å². The predicted molar refractivity (Wildman–Crippen MR) is 124 cm³/mol. The largest absolute Gasteiger partial charge is 0.457 e. The van der Waals surface area contributed by atoms with Crippen LogP contribution in [-0.4, -0.2) is 23.4 Å². The van der Waals surface area contributed by atoms with E-state index in [1.165, 1.54) is 12.1 Å². The lowest BCUT2D eigenvalue weighted by Gasteiger charge is -2.11. The molecule has 2 aromatic carbocycles. The van der Waals surface area contributed by atoms with Gasteiger partial charge in [-0.3, -0.25) is 4.98 Å². The zero-order valence-electron chi connectivity index (χ0n) is 17.5. The summed E-state index contributed by atoms with van der Waals surface area (Å²) in [6.45, 7) is 1.89. The molecule has 10 nitrogen and oxygen atoms in total. The summed E-state index contributed by atoms with van der Waals surface area (Å²) in [5.74, 6) is 1.92. The van der Waals surface area contributed by atoms with Gasteiger partial charge in [-0.05, 0) is 49.4 Å². The molecule has 2 aromatic heterocycles. The molecule has 0 fully saturated rings. The molecule has 0 aliphatic rings. The molecule has 5 N–H and O–H groups in total. The topological polar surface area (TPSA) is 155 Å². The van der Waals surface area contributed by atoms with E-state index >= 15 is 0 Å². The Morgan fingerprint density at radius 2 is 1.70 bits per heavy atom. The molecule has 0 saturated carbocycles. The van der Waals surface area contributed by atoms with Gasteiger partial charge in [0.1, 0.15) is 23.1 Å². The quantitative estimate of drug-likeness (QED) is 0.372. The Kier molecular flexibility index (Phi) is 6.07. The highest BCUT2D eigenvalue weighted by molar-refractivity contribution is 7.84. The molecular formula is C22H20N6O4S. The van der Waals surface area contributed by atoms with E-state index in [1.54, 1.807) is 30.5 Å². The number of hydrogen-bond donors (Lipinski definition) is 3. The van der Waals surface area contributed by atoms with Gasteiger partial charge in [-0.2, -0.15) is 18.5 Å². The molecule has 168 valence electrons. The fraction of sp³-hybridized carbons (Fsp3) is 0.0455. The fourth-order valence-corrected chi connectivity index (χ4v) is 3.36. The normalized spacial score (nSPS) is 11.1. The number of nitrogen functional groups attached to an aromatic ring is 1. The van der Waals surface area contributed by atoms with Crippen molar-refractivity contribution in [1.82, 2.24) is 15.0 Å². The number of aromatic nitrogens is 3. The van der Waals surface area contributed by atoms with E-state index in [-0.39, 0.29) is 11.7 Å². The number of pyridine rings is 1. The molecule has 0 aliphatic heterocycles. The van der Waals surface area contributed by atoms with E-state index in [2.05, 4.69) is 20.3 Å². The second-order valence-corrected chi connectivity index (χ2v) is 8.14. The molecule has 0 atom stereocenters. The Labute approximate surface area is 190 Å². The Bertz CT molecular complexity index is 1390. The van der Waals surface area contributed by atoms with Crippen LogP contribution in [0.2, 0.25) is 0 Å². The van der Waals surface area contributed by atoms with Gasteiger partial charge >= 0.3 is 10.3 Å². The van der Waals surface area contributed by atoms with Gasteiger partial charge in [0.2, 0.25) is 5.95 Å². The summed E-state index contributed by atoms with van der Waals surface area (Å²) in [7, 11) is -4.14. The Morgan fingerprint density at radius 1 is 0.909 bits per heavy atom. The van der Waals surface area contributed by atoms with Crippen LogP contribution >= 0.6 is 0 Å². The number of benzene rings is 2. The van der Waals surface area contributed by atoms with Crippen LogP contribution in [0, 0.1) is 6.92 Å². The number of nitrogens with two attached hydrogens (primary N) is 2. The van der Waals surface area contributed by atoms with Crippen LogP contribution in [0.1, 0.15) is 5.69 Å². The van der Waals surface area contributed by atoms with Gasteiger partial charge in [-0.25, -0.2) is 4.98 Å². The zero-order chi connectivity index (χ0) is 23.4. The molecule has 0 bridgehead atoms. The molecule has 4 rings (SSSR count). The fourth-order valence-electron chi connectivity index (χ4n) is 2.99. The second kappa shape index (κ2) is 9.10. The van der Waals surface area contributed by atoms with Crippen LogP contribution in [0.5, 0.6) is 17.2 Å². The van der Waals surface area contributed by atoms with Crippen molar-refractivity contribution in [2.24, 2.45) is 5.14 Å². The third-order valence-electron chi connectivity index (χ3n) is 4.32. The van der Waals surface area contributed by atoms with Gasteiger partial charge in [0.05, 0.1) is 5.69 Å². The van der Waals surface area contributed by atoms with E-state index in [1.807, 2.05) is 37.3 Å². The van der Waals surface area contributed by atoms with Gasteiger partial charge in [-0.1, -0.05) is 12.1 Å². The number of aryl methyl sites for hydroxylation is 1. The van der Waals surface area contributed by atoms with Crippen molar-refractivity contribution in [3.63, 3.8) is 0 Å². The van der Waals surface area contributed by atoms with Crippen LogP contribution in [-0.2, 0) is 10.3 Å². The lowest BCUT2D eigenvalue weighted by molar-refractivity contribution is 0.481. The molecule has 0 aliphatic carbocycles. The van der Waals surface area contributed by atoms with Gasteiger partial charge in [0.15, 0.2) is 0 Å². The molecule has 0 amide bonds. The minimum absolute atomic E-state index is 0.0424. The molecule has 0 radical (unpaired) electrons. The van der Waals surface area contributed by atoms with Gasteiger partial charge in [0.25, 0.3) is 0 Å². The van der Waals surface area contributed by atoms with E-state index in [0.29, 0.717) is 28.6 Å². The van der Waals surface area contributed by atoms with Gasteiger partial charge in [-0.15, -0.1) is 0 Å². The molecular weight excluding hydrogens is 444 g/mol. The summed E-state index contributed by atoms with van der Waals surface area (Å²) in [4.78, 5) is 12.6. The molecule has 33 heavy (non-hydrogen) atoms. The van der Waals surface area contributed by atoms with E-state index < -0.39 is 10.3 Å². The predicted octanol–water partition coefficient (Wildman–Crippen LogP) is 3.55. The average Bonchev–Trinajstić information content (AvgIpc) is 2.74. The van der Waals surface area contributed by atoms with E-state index in [9.17, 15) is 8.42 Å². The number of ether oxygens (including phenoxy) is 1. The van der Waals surface area contributed by atoms with Crippen LogP contribution in [0.4, 0.5) is 17.5 Å². The minimum atomic E-state index is -4.14. The maximum Gasteiger partial charge on any atom is 0.380 e. The second-order valence-electron chi connectivity index (χ2n) is 6.98. The highest BCUT2D eigenvalue weighted by Gasteiger charge is 2.10. The lowest BCUT2D eigenvalue weighted by Crippen LogP contribution is -2.18. The van der Waals surface area contributed by atoms with Gasteiger partial charge < -0.3 is 20.0 Å². The van der Waals surface area contributed by atoms with Crippen LogP contribution in [0.3, 0.4) is 0 Å². The van der Waals surface area contributed by atoms with Crippen molar-refractivity contribution in [1.29, 1.82) is 0 Å². The van der Waals surface area contributed by atoms with Crippen molar-refractivity contribution in [3.8, 4) is 28.5 Å². The minimum Gasteiger partial charge on any atom is -0.457 e. The molecule has 0 unspecified atom stereocenters. The maximum atomic E-state index is 11.2. The molecule has 2 heterocycles. The summed E-state index contributed by atoms with van der Waals surface area (Å²) in [5, 5.41) is 8.10. The summed E-state index contributed by atoms with van der Waals surface area (Å²) in [6, 6.07) is 18.9. The van der Waals surface area contributed by atoms with Crippen molar-refractivity contribution < 1.29 is 17.3 Å². The number of nitrogens with zero attached hydrogens (tertiary/aromatic N) is 3. The molecule has 0 spiro atoms. The Morgan fingerprint density at radius 3 is 2.42 bits per heavy atom. The van der Waals surface area contributed by atoms with Gasteiger partial charge in [0, 0.05) is 35.3 Å². The van der Waals surface area contributed by atoms with E-state index in [4.69, 9.17) is 19.8 Å². The summed E-state index contributed by atoms with van der Waals surface area (Å²) in [6.07, 6.45) is 1.69. The average molecular weight is 465 g/mol. The number of hydrogen-bond acceptors (Lipinski definition) is 9. The summed E-state index contributed by atoms with van der Waals surface area (Å²) >= 11 is 0. The first-order chi connectivity index (χ1) is 15.7. The molecule has 0 saturated heterocycles. The zero-order valence-corrected chi connectivity index (χ0v) is 18.3. The first-order valence-electron chi connectivity index (χ1n) is 9.68. The maximum absolute atomic E-state index is 11.2. The standard InChI is InChI=1S/C22H20N6O4S/c1-14-11-18(9-10-25-14)31-17-7-5-16(6-8-17)26-21-13-20(27-22(23)28-21)15-3-2-4-19(12-15)32-33(24,29)30/h2-13H,1H3,(H2,24,29,30)(H3,23,26,27,28). The highest BCUT2D eigenvalue weighted by atomic mass is 32.2. The number of nitrogens with one attached hydrogen (secondary N) is 1. The van der Waals surface area contributed by atoms with Crippen LogP contribution in [0.15, 0.2) is 72.9 Å². The first-order valence-corrected chi connectivity index (χ1v) is 11.2. The third-order valence-corrected chi connectivity index (χ3v) is 4.74. The van der Waals surface area contributed by atoms with Crippen molar-refractivity contribution in [2.75, 3.05) is 11.1 Å². The first kappa shape index (κ1) is 22.0. The number of rotatable bonds is 7. The monoisotopic (exact) mass is 464 g/mol. The highest BCUT2D eigenvalue weighted by Crippen LogP contribution is 2.28. The van der Waals surface area contributed by atoms with Crippen molar-refractivity contribution in [3.05, 3.63) is 78.6 Å². The smallest absolute Gasteiger partial charge is 0.380 e. The van der Waals surface area contributed by atoms with Crippen LogP contribution in [0.25, 0.3) is 11.3 Å². The lowest BCUT2D eigenvalue weighted by atomic mass is 10.1. The summed E-state index contributed by atoms with van der Waals surface area (Å²) in [5.41, 5.74) is 8.54. The summed E-state index contributed by atoms with van der Waals surface area (Å²) < 4.78 is 32.9. The Balaban J connectivity index is 1.52. The molecule has 4 aromatic rings.